The van der Waals surface area contributed by atoms with Crippen LogP contribution in [0.4, 0.5) is 4.79 Å². The molecule has 13 nitrogen and oxygen atoms in total. The Kier molecular flexibility index (Phi) is 13.3. The molecule has 0 bridgehead atoms. The van der Waals surface area contributed by atoms with Gasteiger partial charge >= 0.3 is 6.09 Å². The Morgan fingerprint density at radius 1 is 1.00 bits per heavy atom. The van der Waals surface area contributed by atoms with Crippen LogP contribution in [0.2, 0.25) is 10.0 Å². The van der Waals surface area contributed by atoms with Gasteiger partial charge in [0.2, 0.25) is 17.7 Å². The average Bonchev–Trinajstić information content (AvgIpc) is 3.80. The summed E-state index contributed by atoms with van der Waals surface area (Å²) in [6, 6.07) is 10.9. The normalized spacial score (nSPS) is 17.5. The van der Waals surface area contributed by atoms with Gasteiger partial charge in [-0.25, -0.2) is 4.79 Å². The van der Waals surface area contributed by atoms with Crippen LogP contribution >= 0.6 is 23.2 Å². The molecule has 2 unspecified atom stereocenters. The second-order valence-corrected chi connectivity index (χ2v) is 14.8. The number of nitrogens with one attached hydrogen (secondary N) is 4. The molecule has 5 atom stereocenters. The Bertz CT molecular complexity index is 1960. The number of hydrogen-bond acceptors (Lipinski definition) is 8. The first-order chi connectivity index (χ1) is 25.8. The maximum absolute atomic E-state index is 14.9. The van der Waals surface area contributed by atoms with Gasteiger partial charge in [-0.15, -0.1) is 0 Å². The summed E-state index contributed by atoms with van der Waals surface area (Å²) in [6.07, 6.45) is 1.12. The Balaban J connectivity index is 1.49. The molecule has 4 aromatic rings. The second-order valence-electron chi connectivity index (χ2n) is 14.0. The summed E-state index contributed by atoms with van der Waals surface area (Å²) in [6.45, 7) is 12.3. The first kappa shape index (κ1) is 40.6. The van der Waals surface area contributed by atoms with Gasteiger partial charge in [0.15, 0.2) is 0 Å². The fourth-order valence-corrected chi connectivity index (χ4v) is 7.34. The van der Waals surface area contributed by atoms with E-state index in [2.05, 4.69) is 31.1 Å². The van der Waals surface area contributed by atoms with Crippen LogP contribution in [0.15, 0.2) is 47.0 Å². The smallest absolute Gasteiger partial charge is 0.408 e. The Hall–Kier alpha value is -4.62. The molecule has 290 valence electrons. The minimum Gasteiger partial charge on any atom is -0.445 e. The van der Waals surface area contributed by atoms with Crippen molar-refractivity contribution in [3.8, 4) is 0 Å². The minimum atomic E-state index is -1.50. The molecule has 0 fully saturated rings. The topological polar surface area (TPSA) is 172 Å². The van der Waals surface area contributed by atoms with Crippen molar-refractivity contribution in [3.63, 3.8) is 0 Å². The molecule has 1 aliphatic rings. The molecule has 15 heteroatoms. The zero-order chi connectivity index (χ0) is 39.2. The number of fused-ring (bicyclic) bond motifs is 3. The highest BCUT2D eigenvalue weighted by Crippen LogP contribution is 2.39. The lowest BCUT2D eigenvalue weighted by Gasteiger charge is -2.39. The third kappa shape index (κ3) is 8.84. The first-order valence-corrected chi connectivity index (χ1v) is 19.3. The number of aromatic amines is 1. The van der Waals surface area contributed by atoms with Gasteiger partial charge in [0.1, 0.15) is 24.2 Å². The van der Waals surface area contributed by atoms with E-state index in [1.165, 1.54) is 0 Å². The van der Waals surface area contributed by atoms with Crippen molar-refractivity contribution in [1.29, 1.82) is 0 Å². The van der Waals surface area contributed by atoms with Crippen LogP contribution in [0.1, 0.15) is 100 Å². The van der Waals surface area contributed by atoms with Crippen LogP contribution in [0, 0.1) is 11.8 Å². The lowest BCUT2D eigenvalue weighted by molar-refractivity contribution is -0.136. The summed E-state index contributed by atoms with van der Waals surface area (Å²) < 4.78 is 11.1. The summed E-state index contributed by atoms with van der Waals surface area (Å²) in [5.41, 5.74) is 1.65. The fraction of sp³-hybridized carbons (Fsp3) is 0.487. The highest BCUT2D eigenvalue weighted by Gasteiger charge is 2.47. The van der Waals surface area contributed by atoms with Gasteiger partial charge in [-0.2, -0.15) is 4.98 Å². The molecular weight excluding hydrogens is 733 g/mol. The quantitative estimate of drug-likeness (QED) is 0.101. The molecule has 0 saturated carbocycles. The molecule has 54 heavy (non-hydrogen) atoms. The zero-order valence-electron chi connectivity index (χ0n) is 31.6. The number of nitrogens with zero attached hydrogens (tertiary/aromatic N) is 3. The molecule has 4 N–H and O–H groups in total. The lowest BCUT2D eigenvalue weighted by atomic mass is 9.78. The third-order valence-electron chi connectivity index (χ3n) is 10.5. The van der Waals surface area contributed by atoms with Crippen LogP contribution in [-0.4, -0.2) is 68.5 Å². The number of aromatic nitrogens is 3. The van der Waals surface area contributed by atoms with E-state index in [9.17, 15) is 19.2 Å². The molecule has 0 spiro atoms. The van der Waals surface area contributed by atoms with Crippen molar-refractivity contribution in [2.75, 3.05) is 13.1 Å². The predicted molar refractivity (Wildman–Crippen MR) is 206 cm³/mol. The number of alkyl carbamates (subject to hydrolysis) is 1. The molecule has 5 rings (SSSR count). The second kappa shape index (κ2) is 17.7. The predicted octanol–water partition coefficient (Wildman–Crippen LogP) is 6.93. The van der Waals surface area contributed by atoms with Crippen molar-refractivity contribution < 1.29 is 28.4 Å². The van der Waals surface area contributed by atoms with E-state index in [4.69, 9.17) is 32.5 Å². The minimum absolute atomic E-state index is 0.0250. The zero-order valence-corrected chi connectivity index (χ0v) is 33.1. The molecule has 2 heterocycles. The van der Waals surface area contributed by atoms with Gasteiger partial charge in [-0.05, 0) is 61.8 Å². The Labute approximate surface area is 325 Å². The molecule has 1 aliphatic carbocycles. The van der Waals surface area contributed by atoms with Gasteiger partial charge in [0.05, 0.1) is 10.5 Å². The number of carbonyl (C=O) groups is 4. The first-order valence-electron chi connectivity index (χ1n) is 18.6. The molecule has 0 saturated heterocycles. The van der Waals surface area contributed by atoms with Crippen LogP contribution in [-0.2, 0) is 33.8 Å². The number of aryl methyl sites for hydroxylation is 1. The number of benzene rings is 2. The van der Waals surface area contributed by atoms with E-state index in [1.54, 1.807) is 17.0 Å². The van der Waals surface area contributed by atoms with Crippen molar-refractivity contribution in [1.82, 2.24) is 36.0 Å². The number of carbonyl (C=O) groups excluding carboxylic acids is 4. The van der Waals surface area contributed by atoms with Crippen LogP contribution < -0.4 is 16.0 Å². The number of ether oxygens (including phenoxy) is 1. The highest BCUT2D eigenvalue weighted by molar-refractivity contribution is 6.38. The van der Waals surface area contributed by atoms with Gasteiger partial charge in [-0.1, -0.05) is 99.2 Å². The standard InChI is InChI=1S/C39H49Cl2N7O6/c1-7-22(5)30(44-38(52)53-21-24-14-12-11-13-15-24)34(49)46-39(17-16-29-27(20-39)26-18-25(40)19-28(41)32(26)42-29)37(51)43-31(23(6)8-2)35-45-33(47-54-35)36(50)48(9-3)10-4/h11-15,18-19,22-23,30-31,42H,7-10,16-17,20-21H2,1-6H3,(H,43,51)(H,44,52)(H,46,49)/t22?,23?,30-,31-,39+/m0/s1. The summed E-state index contributed by atoms with van der Waals surface area (Å²) in [5, 5.41) is 14.5. The van der Waals surface area contributed by atoms with E-state index in [-0.39, 0.29) is 48.9 Å². The molecule has 2 aromatic carbocycles. The molecular formula is C39H49Cl2N7O6. The molecule has 0 aliphatic heterocycles. The summed E-state index contributed by atoms with van der Waals surface area (Å²) in [5.74, 6) is -1.94. The molecule has 0 radical (unpaired) electrons. The largest absolute Gasteiger partial charge is 0.445 e. The maximum Gasteiger partial charge on any atom is 0.408 e. The summed E-state index contributed by atoms with van der Waals surface area (Å²) in [4.78, 5) is 64.8. The van der Waals surface area contributed by atoms with Gasteiger partial charge < -0.3 is 35.1 Å². The number of hydrogen-bond donors (Lipinski definition) is 4. The summed E-state index contributed by atoms with van der Waals surface area (Å²) in [7, 11) is 0. The van der Waals surface area contributed by atoms with E-state index >= 15 is 0 Å². The Morgan fingerprint density at radius 3 is 2.37 bits per heavy atom. The van der Waals surface area contributed by atoms with E-state index in [0.29, 0.717) is 47.9 Å². The summed E-state index contributed by atoms with van der Waals surface area (Å²) >= 11 is 13.0. The Morgan fingerprint density at radius 2 is 1.70 bits per heavy atom. The van der Waals surface area contributed by atoms with E-state index in [1.807, 2.05) is 71.9 Å². The van der Waals surface area contributed by atoms with Crippen LogP contribution in [0.5, 0.6) is 0 Å². The number of H-pyrrole nitrogens is 1. The van der Waals surface area contributed by atoms with Gasteiger partial charge in [0.25, 0.3) is 11.7 Å². The SMILES string of the molecule is CCC(C)[C@H](NC(=O)OCc1ccccc1)C(=O)N[C@]1(C(=O)N[C@H](c2nc(C(=O)N(CC)CC)no2)C(C)CC)CCc2[nH]c3c(Cl)cc(Cl)cc3c2C1. The average molecular weight is 783 g/mol. The molecule has 2 aromatic heterocycles. The van der Waals surface area contributed by atoms with E-state index in [0.717, 1.165) is 22.2 Å². The van der Waals surface area contributed by atoms with E-state index < -0.39 is 35.5 Å². The highest BCUT2D eigenvalue weighted by atomic mass is 35.5. The van der Waals surface area contributed by atoms with Crippen LogP contribution in [0.3, 0.4) is 0 Å². The number of rotatable bonds is 15. The van der Waals surface area contributed by atoms with Gasteiger partial charge in [-0.3, -0.25) is 14.4 Å². The van der Waals surface area contributed by atoms with Crippen molar-refractivity contribution in [3.05, 3.63) is 81.0 Å². The lowest BCUT2D eigenvalue weighted by Crippen LogP contribution is -2.65. The van der Waals surface area contributed by atoms with Crippen molar-refractivity contribution in [2.24, 2.45) is 11.8 Å². The van der Waals surface area contributed by atoms with Crippen LogP contribution in [0.25, 0.3) is 10.9 Å². The van der Waals surface area contributed by atoms with Crippen molar-refractivity contribution >= 4 is 57.9 Å². The third-order valence-corrected chi connectivity index (χ3v) is 11.0. The molecule has 4 amide bonds. The van der Waals surface area contributed by atoms with Gasteiger partial charge in [0, 0.05) is 35.6 Å². The number of amides is 4. The number of halogens is 2. The monoisotopic (exact) mass is 781 g/mol. The fourth-order valence-electron chi connectivity index (χ4n) is 6.80. The maximum atomic E-state index is 14.9. The van der Waals surface area contributed by atoms with Crippen molar-refractivity contribution in [2.45, 2.75) is 97.9 Å².